The van der Waals surface area contributed by atoms with E-state index in [0.717, 1.165) is 6.54 Å². The van der Waals surface area contributed by atoms with Gasteiger partial charge in [0.05, 0.1) is 0 Å². The normalized spacial score (nSPS) is 25.1. The summed E-state index contributed by atoms with van der Waals surface area (Å²) < 4.78 is 0. The fourth-order valence-corrected chi connectivity index (χ4v) is 3.73. The first kappa shape index (κ1) is 14.6. The summed E-state index contributed by atoms with van der Waals surface area (Å²) in [5, 5.41) is 2.58. The molecule has 0 amide bonds. The van der Waals surface area contributed by atoms with Gasteiger partial charge in [-0.15, -0.1) is 0 Å². The molecule has 2 nitrogen and oxygen atoms in total. The van der Waals surface area contributed by atoms with Crippen LogP contribution >= 0.6 is 0 Å². The lowest BCUT2D eigenvalue weighted by atomic mass is 9.94. The summed E-state index contributed by atoms with van der Waals surface area (Å²) in [7, 11) is 0. The van der Waals surface area contributed by atoms with Crippen LogP contribution in [-0.4, -0.2) is 23.5 Å². The molecule has 2 N–H and O–H groups in total. The summed E-state index contributed by atoms with van der Waals surface area (Å²) in [6, 6.07) is 16.4. The molecule has 0 radical (unpaired) electrons. The maximum absolute atomic E-state index is 6.57. The van der Waals surface area contributed by atoms with Crippen molar-refractivity contribution in [3.63, 3.8) is 0 Å². The fraction of sp³-hybridized carbons (Fsp3) is 0.474. The van der Waals surface area contributed by atoms with Gasteiger partial charge in [0.2, 0.25) is 0 Å². The highest BCUT2D eigenvalue weighted by Gasteiger charge is 2.26. The molecule has 3 rings (SSSR count). The average Bonchev–Trinajstić information content (AvgIpc) is 2.50. The molecule has 1 aliphatic heterocycles. The lowest BCUT2D eigenvalue weighted by molar-refractivity contribution is 0.0963. The lowest BCUT2D eigenvalue weighted by Gasteiger charge is -2.40. The molecule has 3 unspecified atom stereocenters. The first-order valence-electron chi connectivity index (χ1n) is 8.16. The van der Waals surface area contributed by atoms with Gasteiger partial charge in [0.15, 0.2) is 0 Å². The molecule has 112 valence electrons. The molecular weight excluding hydrogens is 256 g/mol. The zero-order valence-electron chi connectivity index (χ0n) is 13.1. The third-order valence-corrected chi connectivity index (χ3v) is 5.01. The highest BCUT2D eigenvalue weighted by molar-refractivity contribution is 5.86. The molecule has 3 atom stereocenters. The molecule has 2 aromatic rings. The van der Waals surface area contributed by atoms with Crippen LogP contribution in [0, 0.1) is 0 Å². The zero-order valence-corrected chi connectivity index (χ0v) is 13.1. The fourth-order valence-electron chi connectivity index (χ4n) is 3.73. The van der Waals surface area contributed by atoms with Crippen LogP contribution < -0.4 is 5.73 Å². The molecule has 2 heteroatoms. The van der Waals surface area contributed by atoms with E-state index in [9.17, 15) is 0 Å². The number of likely N-dealkylation sites (tertiary alicyclic amines) is 1. The van der Waals surface area contributed by atoms with E-state index in [2.05, 4.69) is 61.2 Å². The van der Waals surface area contributed by atoms with Crippen LogP contribution in [0.3, 0.4) is 0 Å². The van der Waals surface area contributed by atoms with Crippen LogP contribution in [0.15, 0.2) is 42.5 Å². The summed E-state index contributed by atoms with van der Waals surface area (Å²) >= 11 is 0. The molecule has 21 heavy (non-hydrogen) atoms. The van der Waals surface area contributed by atoms with E-state index in [-0.39, 0.29) is 6.04 Å². The number of benzene rings is 2. The second kappa shape index (κ2) is 6.17. The Morgan fingerprint density at radius 1 is 1.05 bits per heavy atom. The van der Waals surface area contributed by atoms with Crippen molar-refractivity contribution in [1.29, 1.82) is 0 Å². The third-order valence-electron chi connectivity index (χ3n) is 5.01. The van der Waals surface area contributed by atoms with Crippen molar-refractivity contribution in [2.24, 2.45) is 5.73 Å². The predicted octanol–water partition coefficient (Wildman–Crippen LogP) is 4.10. The topological polar surface area (TPSA) is 29.3 Å². The number of hydrogen-bond donors (Lipinski definition) is 1. The molecule has 0 spiro atoms. The van der Waals surface area contributed by atoms with E-state index in [1.54, 1.807) is 0 Å². The van der Waals surface area contributed by atoms with Crippen LogP contribution in [0.5, 0.6) is 0 Å². The van der Waals surface area contributed by atoms with Crippen molar-refractivity contribution in [2.45, 2.75) is 51.2 Å². The molecule has 1 fully saturated rings. The van der Waals surface area contributed by atoms with E-state index in [1.165, 1.54) is 35.6 Å². The van der Waals surface area contributed by atoms with Crippen molar-refractivity contribution in [1.82, 2.24) is 4.90 Å². The highest BCUT2D eigenvalue weighted by Crippen LogP contribution is 2.28. The van der Waals surface area contributed by atoms with Gasteiger partial charge >= 0.3 is 0 Å². The molecule has 0 saturated carbocycles. The number of nitrogens with two attached hydrogens (primary N) is 1. The van der Waals surface area contributed by atoms with E-state index in [0.29, 0.717) is 12.1 Å². The number of piperidine rings is 1. The van der Waals surface area contributed by atoms with Crippen molar-refractivity contribution in [3.05, 3.63) is 48.0 Å². The van der Waals surface area contributed by atoms with E-state index < -0.39 is 0 Å². The van der Waals surface area contributed by atoms with Crippen molar-refractivity contribution in [3.8, 4) is 0 Å². The van der Waals surface area contributed by atoms with Crippen LogP contribution in [0.4, 0.5) is 0 Å². The van der Waals surface area contributed by atoms with Gasteiger partial charge in [-0.05, 0) is 43.0 Å². The van der Waals surface area contributed by atoms with Gasteiger partial charge < -0.3 is 5.73 Å². The highest BCUT2D eigenvalue weighted by atomic mass is 15.2. The van der Waals surface area contributed by atoms with Gasteiger partial charge in [-0.3, -0.25) is 4.90 Å². The summed E-state index contributed by atoms with van der Waals surface area (Å²) in [6.45, 7) is 5.63. The molecule has 0 aromatic heterocycles. The summed E-state index contributed by atoms with van der Waals surface area (Å²) in [6.07, 6.45) is 3.95. The van der Waals surface area contributed by atoms with Gasteiger partial charge in [0.1, 0.15) is 0 Å². The maximum atomic E-state index is 6.57. The second-order valence-electron chi connectivity index (χ2n) is 6.50. The van der Waals surface area contributed by atoms with Crippen LogP contribution in [0.25, 0.3) is 10.8 Å². The van der Waals surface area contributed by atoms with Gasteiger partial charge in [0.25, 0.3) is 0 Å². The minimum atomic E-state index is 0.0825. The minimum Gasteiger partial charge on any atom is -0.323 e. The SMILES string of the molecule is CC1CCCC(C)N1CC(N)c1cccc2ccccc12. The number of nitrogens with zero attached hydrogens (tertiary/aromatic N) is 1. The van der Waals surface area contributed by atoms with Gasteiger partial charge in [-0.2, -0.15) is 0 Å². The summed E-state index contributed by atoms with van der Waals surface area (Å²) in [4.78, 5) is 2.59. The van der Waals surface area contributed by atoms with Gasteiger partial charge in [-0.25, -0.2) is 0 Å². The summed E-state index contributed by atoms with van der Waals surface area (Å²) in [5.41, 5.74) is 7.85. The van der Waals surface area contributed by atoms with Crippen LogP contribution in [0.2, 0.25) is 0 Å². The Morgan fingerprint density at radius 2 is 1.71 bits per heavy atom. The smallest absolute Gasteiger partial charge is 0.0430 e. The minimum absolute atomic E-state index is 0.0825. The Bertz CT molecular complexity index is 592. The zero-order chi connectivity index (χ0) is 14.8. The number of fused-ring (bicyclic) bond motifs is 1. The predicted molar refractivity (Wildman–Crippen MR) is 90.4 cm³/mol. The number of rotatable bonds is 3. The summed E-state index contributed by atoms with van der Waals surface area (Å²) in [5.74, 6) is 0. The quantitative estimate of drug-likeness (QED) is 0.918. The molecule has 0 bridgehead atoms. The van der Waals surface area contributed by atoms with Crippen molar-refractivity contribution in [2.75, 3.05) is 6.54 Å². The Labute approximate surface area is 127 Å². The lowest BCUT2D eigenvalue weighted by Crippen LogP contribution is -2.46. The Kier molecular flexibility index (Phi) is 4.27. The van der Waals surface area contributed by atoms with E-state index in [4.69, 9.17) is 5.73 Å². The molecule has 1 heterocycles. The average molecular weight is 282 g/mol. The van der Waals surface area contributed by atoms with Crippen LogP contribution in [-0.2, 0) is 0 Å². The first-order valence-corrected chi connectivity index (χ1v) is 8.16. The van der Waals surface area contributed by atoms with Gasteiger partial charge in [-0.1, -0.05) is 48.9 Å². The number of hydrogen-bond acceptors (Lipinski definition) is 2. The molecular formula is C19H26N2. The van der Waals surface area contributed by atoms with E-state index in [1.807, 2.05) is 0 Å². The monoisotopic (exact) mass is 282 g/mol. The molecule has 0 aliphatic carbocycles. The van der Waals surface area contributed by atoms with Gasteiger partial charge in [0, 0.05) is 24.7 Å². The maximum Gasteiger partial charge on any atom is 0.0430 e. The molecule has 2 aromatic carbocycles. The largest absolute Gasteiger partial charge is 0.323 e. The Morgan fingerprint density at radius 3 is 2.48 bits per heavy atom. The standard InChI is InChI=1S/C19H26N2/c1-14-7-5-8-15(2)21(14)13-19(20)18-12-6-10-16-9-3-4-11-17(16)18/h3-4,6,9-12,14-15,19H,5,7-8,13,20H2,1-2H3. The molecule has 1 saturated heterocycles. The Hall–Kier alpha value is -1.38. The van der Waals surface area contributed by atoms with Crippen molar-refractivity contribution >= 4 is 10.8 Å². The van der Waals surface area contributed by atoms with Crippen molar-refractivity contribution < 1.29 is 0 Å². The Balaban J connectivity index is 1.85. The second-order valence-corrected chi connectivity index (χ2v) is 6.50. The molecule has 1 aliphatic rings. The third kappa shape index (κ3) is 2.97. The van der Waals surface area contributed by atoms with E-state index >= 15 is 0 Å². The van der Waals surface area contributed by atoms with Crippen LogP contribution in [0.1, 0.15) is 44.7 Å². The first-order chi connectivity index (χ1) is 10.2.